The van der Waals surface area contributed by atoms with Gasteiger partial charge in [0.05, 0.1) is 23.9 Å². The zero-order chi connectivity index (χ0) is 31.9. The number of nitrogens with zero attached hydrogens (tertiary/aromatic N) is 8. The lowest BCUT2D eigenvalue weighted by Crippen LogP contribution is -2.49. The number of aromatic amines is 1. The summed E-state index contributed by atoms with van der Waals surface area (Å²) in [5.41, 5.74) is 3.64. The van der Waals surface area contributed by atoms with Crippen LogP contribution >= 0.6 is 11.6 Å². The molecule has 46 heavy (non-hydrogen) atoms. The van der Waals surface area contributed by atoms with Gasteiger partial charge in [0.2, 0.25) is 5.95 Å². The quantitative estimate of drug-likeness (QED) is 0.191. The van der Waals surface area contributed by atoms with Crippen LogP contribution in [0.15, 0.2) is 73.4 Å². The van der Waals surface area contributed by atoms with Gasteiger partial charge in [0.1, 0.15) is 23.3 Å². The molecule has 4 aromatic heterocycles. The van der Waals surface area contributed by atoms with Gasteiger partial charge in [-0.2, -0.15) is 10.4 Å². The van der Waals surface area contributed by atoms with Gasteiger partial charge in [-0.1, -0.05) is 41.9 Å². The number of ether oxygens (including phenoxy) is 1. The molecule has 6 rings (SSSR count). The van der Waals surface area contributed by atoms with Crippen LogP contribution < -0.4 is 20.3 Å². The van der Waals surface area contributed by atoms with E-state index in [4.69, 9.17) is 21.3 Å². The van der Waals surface area contributed by atoms with Crippen LogP contribution in [0, 0.1) is 11.3 Å². The number of amides is 2. The molecule has 1 saturated carbocycles. The standard InChI is InChI=1S/C32H30ClN11O2/c1-46-31-37-17-23(18-38-31)21-7-12-27(35-15-21)44(32(45)39-14-20-5-3-2-4-6-20)25-10-8-24(9-11-25)41-30-36-16-22(13-34)28(42-30)29-26(33)19-40-43-29/h2-7,12,15-19,24-25H,8-11,14H2,1H3,(H,39,45)(H,40,43)(H,36,41,42). The maximum absolute atomic E-state index is 13.7. The first-order valence-corrected chi connectivity index (χ1v) is 15.1. The molecule has 0 radical (unpaired) electrons. The molecule has 0 bridgehead atoms. The summed E-state index contributed by atoms with van der Waals surface area (Å²) in [6.45, 7) is 0.396. The number of anilines is 2. The molecule has 3 N–H and O–H groups in total. The highest BCUT2D eigenvalue weighted by atomic mass is 35.5. The second-order valence-corrected chi connectivity index (χ2v) is 11.1. The summed E-state index contributed by atoms with van der Waals surface area (Å²) in [4.78, 5) is 37.4. The van der Waals surface area contributed by atoms with Crippen LogP contribution in [0.4, 0.5) is 16.6 Å². The third kappa shape index (κ3) is 6.87. The Morgan fingerprint density at radius 1 is 1.00 bits per heavy atom. The van der Waals surface area contributed by atoms with E-state index in [1.54, 1.807) is 23.5 Å². The predicted octanol–water partition coefficient (Wildman–Crippen LogP) is 5.39. The molecule has 0 saturated heterocycles. The third-order valence-corrected chi connectivity index (χ3v) is 8.05. The van der Waals surface area contributed by atoms with Crippen LogP contribution in [-0.2, 0) is 6.54 Å². The first-order chi connectivity index (χ1) is 22.5. The van der Waals surface area contributed by atoms with E-state index < -0.39 is 0 Å². The average Bonchev–Trinajstić information content (AvgIpc) is 3.54. The molecule has 13 nitrogen and oxygen atoms in total. The number of carbonyl (C=O) groups is 1. The van der Waals surface area contributed by atoms with Crippen molar-refractivity contribution in [1.29, 1.82) is 5.26 Å². The van der Waals surface area contributed by atoms with Crippen molar-refractivity contribution >= 4 is 29.4 Å². The fraction of sp³-hybridized carbons (Fsp3) is 0.250. The Kier molecular flexibility index (Phi) is 9.26. The zero-order valence-electron chi connectivity index (χ0n) is 24.9. The molecule has 0 aliphatic heterocycles. The Labute approximate surface area is 270 Å². The number of urea groups is 1. The normalized spacial score (nSPS) is 15.8. The summed E-state index contributed by atoms with van der Waals surface area (Å²) < 4.78 is 5.06. The smallest absolute Gasteiger partial charge is 0.323 e. The van der Waals surface area contributed by atoms with Crippen molar-refractivity contribution in [2.24, 2.45) is 0 Å². The number of pyridine rings is 1. The van der Waals surface area contributed by atoms with Gasteiger partial charge in [0, 0.05) is 54.5 Å². The van der Waals surface area contributed by atoms with Gasteiger partial charge in [0.25, 0.3) is 0 Å². The lowest BCUT2D eigenvalue weighted by Gasteiger charge is -2.36. The van der Waals surface area contributed by atoms with Crippen molar-refractivity contribution < 1.29 is 9.53 Å². The number of halogens is 1. The highest BCUT2D eigenvalue weighted by Gasteiger charge is 2.31. The van der Waals surface area contributed by atoms with Gasteiger partial charge >= 0.3 is 12.0 Å². The average molecular weight is 636 g/mol. The van der Waals surface area contributed by atoms with Gasteiger partial charge in [-0.3, -0.25) is 10.00 Å². The van der Waals surface area contributed by atoms with Crippen molar-refractivity contribution in [3.8, 4) is 34.6 Å². The van der Waals surface area contributed by atoms with Crippen molar-refractivity contribution in [1.82, 2.24) is 40.4 Å². The molecule has 1 fully saturated rings. The number of carbonyl (C=O) groups excluding carboxylic acids is 1. The largest absolute Gasteiger partial charge is 0.467 e. The predicted molar refractivity (Wildman–Crippen MR) is 172 cm³/mol. The van der Waals surface area contributed by atoms with E-state index in [0.29, 0.717) is 34.7 Å². The maximum atomic E-state index is 13.7. The number of aromatic nitrogens is 7. The molecule has 0 atom stereocenters. The second kappa shape index (κ2) is 14.0. The molecular weight excluding hydrogens is 606 g/mol. The van der Waals surface area contributed by atoms with E-state index in [0.717, 1.165) is 42.4 Å². The summed E-state index contributed by atoms with van der Waals surface area (Å²) in [6, 6.07) is 15.7. The number of methoxy groups -OCH3 is 1. The monoisotopic (exact) mass is 635 g/mol. The molecule has 14 heteroatoms. The Morgan fingerprint density at radius 2 is 1.76 bits per heavy atom. The number of hydrogen-bond acceptors (Lipinski definition) is 10. The topological polar surface area (TPSA) is 171 Å². The van der Waals surface area contributed by atoms with E-state index in [2.05, 4.69) is 46.8 Å². The minimum atomic E-state index is -0.218. The van der Waals surface area contributed by atoms with Crippen LogP contribution in [0.1, 0.15) is 36.8 Å². The fourth-order valence-electron chi connectivity index (χ4n) is 5.40. The van der Waals surface area contributed by atoms with Gasteiger partial charge < -0.3 is 15.4 Å². The van der Waals surface area contributed by atoms with Crippen molar-refractivity contribution in [3.63, 3.8) is 0 Å². The molecule has 1 aliphatic rings. The number of nitrogens with one attached hydrogen (secondary N) is 3. The molecular formula is C32H30ClN11O2. The summed E-state index contributed by atoms with van der Waals surface area (Å²) in [5.74, 6) is 0.935. The van der Waals surface area contributed by atoms with E-state index >= 15 is 0 Å². The third-order valence-electron chi connectivity index (χ3n) is 7.77. The lowest BCUT2D eigenvalue weighted by molar-refractivity contribution is 0.240. The van der Waals surface area contributed by atoms with Gasteiger partial charge in [0.15, 0.2) is 0 Å². The molecule has 2 amide bonds. The summed E-state index contributed by atoms with van der Waals surface area (Å²) >= 11 is 6.24. The Hall–Kier alpha value is -5.61. The molecule has 232 valence electrons. The van der Waals surface area contributed by atoms with Gasteiger partial charge in [-0.25, -0.2) is 29.7 Å². The molecule has 5 aromatic rings. The maximum Gasteiger partial charge on any atom is 0.323 e. The lowest BCUT2D eigenvalue weighted by atomic mass is 9.90. The minimum absolute atomic E-state index is 0.0614. The summed E-state index contributed by atoms with van der Waals surface area (Å²) in [5, 5.41) is 23.2. The van der Waals surface area contributed by atoms with E-state index in [9.17, 15) is 10.1 Å². The van der Waals surface area contributed by atoms with Crippen LogP contribution in [0.2, 0.25) is 5.02 Å². The van der Waals surface area contributed by atoms with Gasteiger partial charge in [-0.15, -0.1) is 0 Å². The van der Waals surface area contributed by atoms with Crippen LogP contribution in [0.25, 0.3) is 22.5 Å². The van der Waals surface area contributed by atoms with Crippen molar-refractivity contribution in [2.45, 2.75) is 44.3 Å². The Bertz CT molecular complexity index is 1820. The van der Waals surface area contributed by atoms with Gasteiger partial charge in [-0.05, 0) is 43.4 Å². The second-order valence-electron chi connectivity index (χ2n) is 10.7. The van der Waals surface area contributed by atoms with E-state index in [1.165, 1.54) is 19.5 Å². The Morgan fingerprint density at radius 3 is 2.41 bits per heavy atom. The van der Waals surface area contributed by atoms with Crippen LogP contribution in [-0.4, -0.2) is 60.3 Å². The van der Waals surface area contributed by atoms with Crippen LogP contribution in [0.5, 0.6) is 6.01 Å². The number of hydrogen-bond donors (Lipinski definition) is 3. The van der Waals surface area contributed by atoms with E-state index in [-0.39, 0.29) is 29.7 Å². The summed E-state index contributed by atoms with van der Waals surface area (Å²) in [6.07, 6.45) is 11.0. The van der Waals surface area contributed by atoms with Crippen LogP contribution in [0.3, 0.4) is 0 Å². The first kappa shape index (κ1) is 30.4. The number of nitriles is 1. The molecule has 4 heterocycles. The Balaban J connectivity index is 1.17. The molecule has 0 spiro atoms. The highest BCUT2D eigenvalue weighted by molar-refractivity contribution is 6.32. The molecule has 1 aliphatic carbocycles. The number of rotatable bonds is 9. The SMILES string of the molecule is COc1ncc(-c2ccc(N(C(=O)NCc3ccccc3)C3CCC(Nc4ncc(C#N)c(-c5n[nH]cc5Cl)n4)CC3)nc2)cn1. The zero-order valence-corrected chi connectivity index (χ0v) is 25.6. The molecule has 0 unspecified atom stereocenters. The number of H-pyrrole nitrogens is 1. The van der Waals surface area contributed by atoms with Crippen molar-refractivity contribution in [3.05, 3.63) is 89.6 Å². The number of benzene rings is 1. The first-order valence-electron chi connectivity index (χ1n) is 14.7. The van der Waals surface area contributed by atoms with Crippen molar-refractivity contribution in [2.75, 3.05) is 17.3 Å². The van der Waals surface area contributed by atoms with E-state index in [1.807, 2.05) is 42.5 Å². The minimum Gasteiger partial charge on any atom is -0.467 e. The molecule has 1 aromatic carbocycles. The fourth-order valence-corrected chi connectivity index (χ4v) is 5.58. The summed E-state index contributed by atoms with van der Waals surface area (Å²) in [7, 11) is 1.52. The highest BCUT2D eigenvalue weighted by Crippen LogP contribution is 2.31.